The summed E-state index contributed by atoms with van der Waals surface area (Å²) < 4.78 is 0. The fraction of sp³-hybridized carbons (Fsp3) is 0.882. The number of carbonyl (C=O) groups excluding carboxylic acids is 2. The third kappa shape index (κ3) is 3.09. The summed E-state index contributed by atoms with van der Waals surface area (Å²) in [6, 6.07) is -0.326. The highest BCUT2D eigenvalue weighted by Gasteiger charge is 2.52. The lowest BCUT2D eigenvalue weighted by Crippen LogP contribution is -2.67. The van der Waals surface area contributed by atoms with Gasteiger partial charge in [0.25, 0.3) is 0 Å². The number of amides is 2. The normalized spacial score (nSPS) is 34.1. The maximum atomic E-state index is 12.9. The molecule has 4 nitrogen and oxygen atoms in total. The highest BCUT2D eigenvalue weighted by molar-refractivity contribution is 5.97. The molecule has 0 spiro atoms. The van der Waals surface area contributed by atoms with Crippen molar-refractivity contribution in [2.24, 2.45) is 17.8 Å². The Morgan fingerprint density at radius 1 is 1.24 bits per heavy atom. The first-order valence-corrected chi connectivity index (χ1v) is 8.54. The Labute approximate surface area is 128 Å². The predicted molar refractivity (Wildman–Crippen MR) is 83.7 cm³/mol. The molecule has 2 rings (SSSR count). The van der Waals surface area contributed by atoms with Gasteiger partial charge in [-0.25, -0.2) is 0 Å². The average molecular weight is 294 g/mol. The van der Waals surface area contributed by atoms with Gasteiger partial charge in [-0.3, -0.25) is 9.59 Å². The number of nitrogens with one attached hydrogen (secondary N) is 1. The van der Waals surface area contributed by atoms with E-state index in [0.29, 0.717) is 12.0 Å². The molecule has 1 aliphatic heterocycles. The van der Waals surface area contributed by atoms with Crippen LogP contribution in [0.15, 0.2) is 0 Å². The van der Waals surface area contributed by atoms with Crippen LogP contribution >= 0.6 is 0 Å². The second-order valence-corrected chi connectivity index (χ2v) is 7.16. The molecule has 0 aromatic heterocycles. The van der Waals surface area contributed by atoms with E-state index in [-0.39, 0.29) is 35.7 Å². The zero-order chi connectivity index (χ0) is 15.7. The summed E-state index contributed by atoms with van der Waals surface area (Å²) in [4.78, 5) is 27.4. The molecule has 2 aliphatic rings. The van der Waals surface area contributed by atoms with E-state index in [9.17, 15) is 9.59 Å². The predicted octanol–water partition coefficient (Wildman–Crippen LogP) is 2.57. The molecular weight excluding hydrogens is 264 g/mol. The minimum atomic E-state index is -0.333. The summed E-state index contributed by atoms with van der Waals surface area (Å²) in [6.45, 7) is 10.4. The zero-order valence-electron chi connectivity index (χ0n) is 14.1. The summed E-state index contributed by atoms with van der Waals surface area (Å²) in [5.41, 5.74) is 0. The Morgan fingerprint density at radius 3 is 2.43 bits per heavy atom. The number of piperazine rings is 1. The van der Waals surface area contributed by atoms with Crippen molar-refractivity contribution >= 4 is 11.8 Å². The van der Waals surface area contributed by atoms with Crippen molar-refractivity contribution in [3.8, 4) is 0 Å². The summed E-state index contributed by atoms with van der Waals surface area (Å²) in [7, 11) is 0. The zero-order valence-corrected chi connectivity index (χ0v) is 14.1. The molecule has 120 valence electrons. The first-order valence-electron chi connectivity index (χ1n) is 8.54. The van der Waals surface area contributed by atoms with Gasteiger partial charge in [-0.05, 0) is 30.6 Å². The van der Waals surface area contributed by atoms with Gasteiger partial charge in [0.15, 0.2) is 0 Å². The van der Waals surface area contributed by atoms with Crippen LogP contribution in [0.3, 0.4) is 0 Å². The standard InChI is InChI=1S/C17H30N2O2/c1-6-8-12-9-13(12)19-15(10(3)4)16(20)18-14(17(19)21)11(5)7-2/h10-15H,6-9H2,1-5H3,(H,18,20). The molecule has 0 bridgehead atoms. The summed E-state index contributed by atoms with van der Waals surface area (Å²) in [5, 5.41) is 2.98. The minimum absolute atomic E-state index is 0.0389. The molecule has 5 unspecified atom stereocenters. The highest BCUT2D eigenvalue weighted by atomic mass is 16.2. The lowest BCUT2D eigenvalue weighted by molar-refractivity contribution is -0.153. The Balaban J connectivity index is 2.22. The van der Waals surface area contributed by atoms with Crippen molar-refractivity contribution in [2.45, 2.75) is 78.4 Å². The van der Waals surface area contributed by atoms with Crippen LogP contribution in [0.1, 0.15) is 60.3 Å². The number of hydrogen-bond donors (Lipinski definition) is 1. The van der Waals surface area contributed by atoms with Crippen molar-refractivity contribution in [2.75, 3.05) is 0 Å². The van der Waals surface area contributed by atoms with Crippen molar-refractivity contribution in [3.63, 3.8) is 0 Å². The van der Waals surface area contributed by atoms with Gasteiger partial charge in [0, 0.05) is 6.04 Å². The fourth-order valence-electron chi connectivity index (χ4n) is 3.59. The lowest BCUT2D eigenvalue weighted by atomic mass is 9.90. The van der Waals surface area contributed by atoms with Crippen molar-refractivity contribution < 1.29 is 9.59 Å². The maximum Gasteiger partial charge on any atom is 0.246 e. The third-order valence-corrected chi connectivity index (χ3v) is 5.13. The molecule has 4 heteroatoms. The molecule has 0 radical (unpaired) electrons. The summed E-state index contributed by atoms with van der Waals surface area (Å²) in [5.74, 6) is 1.14. The number of nitrogens with zero attached hydrogens (tertiary/aromatic N) is 1. The van der Waals surface area contributed by atoms with Crippen molar-refractivity contribution in [1.29, 1.82) is 0 Å². The van der Waals surface area contributed by atoms with Crippen molar-refractivity contribution in [1.82, 2.24) is 10.2 Å². The second-order valence-electron chi connectivity index (χ2n) is 7.16. The van der Waals surface area contributed by atoms with Gasteiger partial charge in [0.2, 0.25) is 11.8 Å². The van der Waals surface area contributed by atoms with E-state index in [1.807, 2.05) is 25.7 Å². The first-order chi connectivity index (χ1) is 9.92. The maximum absolute atomic E-state index is 12.9. The SMILES string of the molecule is CCCC1CC1N1C(=O)C(C(C)CC)NC(=O)C1C(C)C. The van der Waals surface area contributed by atoms with Gasteiger partial charge in [0.1, 0.15) is 12.1 Å². The first kappa shape index (κ1) is 16.3. The van der Waals surface area contributed by atoms with Crippen LogP contribution < -0.4 is 5.32 Å². The largest absolute Gasteiger partial charge is 0.342 e. The molecule has 1 aliphatic carbocycles. The third-order valence-electron chi connectivity index (χ3n) is 5.13. The number of carbonyl (C=O) groups is 2. The van der Waals surface area contributed by atoms with E-state index >= 15 is 0 Å². The van der Waals surface area contributed by atoms with Crippen molar-refractivity contribution in [3.05, 3.63) is 0 Å². The van der Waals surface area contributed by atoms with E-state index in [0.717, 1.165) is 25.7 Å². The topological polar surface area (TPSA) is 49.4 Å². The summed E-state index contributed by atoms with van der Waals surface area (Å²) in [6.07, 6.45) is 4.29. The quantitative estimate of drug-likeness (QED) is 0.818. The Morgan fingerprint density at radius 2 is 1.90 bits per heavy atom. The van der Waals surface area contributed by atoms with Crippen LogP contribution in [0.5, 0.6) is 0 Å². The van der Waals surface area contributed by atoms with Gasteiger partial charge in [-0.15, -0.1) is 0 Å². The molecule has 1 heterocycles. The molecule has 2 amide bonds. The molecule has 2 fully saturated rings. The molecule has 0 aromatic rings. The molecule has 0 aromatic carbocycles. The van der Waals surface area contributed by atoms with Crippen LogP contribution in [-0.2, 0) is 9.59 Å². The summed E-state index contributed by atoms with van der Waals surface area (Å²) >= 11 is 0. The van der Waals surface area contributed by atoms with Crippen LogP contribution in [-0.4, -0.2) is 34.8 Å². The molecule has 5 atom stereocenters. The van der Waals surface area contributed by atoms with E-state index in [1.165, 1.54) is 0 Å². The molecular formula is C17H30N2O2. The number of hydrogen-bond acceptors (Lipinski definition) is 2. The molecule has 1 saturated heterocycles. The Hall–Kier alpha value is -1.06. The van der Waals surface area contributed by atoms with Gasteiger partial charge in [-0.1, -0.05) is 47.5 Å². The van der Waals surface area contributed by atoms with E-state index in [2.05, 4.69) is 19.2 Å². The van der Waals surface area contributed by atoms with Crippen LogP contribution in [0.4, 0.5) is 0 Å². The molecule has 21 heavy (non-hydrogen) atoms. The van der Waals surface area contributed by atoms with Crippen LogP contribution in [0.25, 0.3) is 0 Å². The van der Waals surface area contributed by atoms with Crippen LogP contribution in [0, 0.1) is 17.8 Å². The highest BCUT2D eigenvalue weighted by Crippen LogP contribution is 2.42. The lowest BCUT2D eigenvalue weighted by Gasteiger charge is -2.43. The minimum Gasteiger partial charge on any atom is -0.342 e. The van der Waals surface area contributed by atoms with E-state index in [1.54, 1.807) is 0 Å². The molecule has 1 saturated carbocycles. The second kappa shape index (κ2) is 6.37. The monoisotopic (exact) mass is 294 g/mol. The van der Waals surface area contributed by atoms with Gasteiger partial charge in [-0.2, -0.15) is 0 Å². The van der Waals surface area contributed by atoms with E-state index in [4.69, 9.17) is 0 Å². The van der Waals surface area contributed by atoms with Gasteiger partial charge < -0.3 is 10.2 Å². The number of rotatable bonds is 6. The van der Waals surface area contributed by atoms with E-state index < -0.39 is 0 Å². The van der Waals surface area contributed by atoms with Gasteiger partial charge in [0.05, 0.1) is 0 Å². The van der Waals surface area contributed by atoms with Gasteiger partial charge >= 0.3 is 0 Å². The van der Waals surface area contributed by atoms with Crippen LogP contribution in [0.2, 0.25) is 0 Å². The average Bonchev–Trinajstić information content (AvgIpc) is 3.18. The fourth-order valence-corrected chi connectivity index (χ4v) is 3.59. The smallest absolute Gasteiger partial charge is 0.246 e. The molecule has 1 N–H and O–H groups in total. The Bertz CT molecular complexity index is 408. The Kier molecular flexibility index (Phi) is 4.95.